The molecule has 0 amide bonds. The molecule has 5 heteroatoms. The lowest BCUT2D eigenvalue weighted by molar-refractivity contribution is 0.305. The van der Waals surface area contributed by atoms with Crippen LogP contribution in [-0.4, -0.2) is 17.8 Å². The van der Waals surface area contributed by atoms with Crippen LogP contribution in [0, 0.1) is 13.8 Å². The Balaban J connectivity index is 1.76. The minimum Gasteiger partial charge on any atom is -0.494 e. The highest BCUT2D eigenvalue weighted by Gasteiger charge is 2.01. The molecule has 0 bridgehead atoms. The summed E-state index contributed by atoms with van der Waals surface area (Å²) in [5.41, 5.74) is 5.05. The van der Waals surface area contributed by atoms with Crippen molar-refractivity contribution in [2.45, 2.75) is 46.5 Å². The number of thiazole rings is 1. The molecule has 1 heterocycles. The van der Waals surface area contributed by atoms with Crippen molar-refractivity contribution in [2.75, 3.05) is 12.0 Å². The van der Waals surface area contributed by atoms with Gasteiger partial charge in [0.15, 0.2) is 0 Å². The number of unbranched alkanes of at least 4 members (excludes halogenated alkanes) is 3. The zero-order chi connectivity index (χ0) is 16.5. The molecule has 0 saturated heterocycles. The molecule has 0 radical (unpaired) electrons. The van der Waals surface area contributed by atoms with Gasteiger partial charge in [0.05, 0.1) is 18.5 Å². The van der Waals surface area contributed by atoms with Crippen molar-refractivity contribution >= 4 is 22.7 Å². The first-order valence-electron chi connectivity index (χ1n) is 8.15. The molecule has 0 spiro atoms. The van der Waals surface area contributed by atoms with Crippen LogP contribution in [0.4, 0.5) is 5.13 Å². The van der Waals surface area contributed by atoms with Crippen molar-refractivity contribution in [2.24, 2.45) is 5.10 Å². The first-order valence-corrected chi connectivity index (χ1v) is 8.96. The molecule has 0 atom stereocenters. The second-order valence-corrected chi connectivity index (χ2v) is 6.71. The second kappa shape index (κ2) is 9.30. The highest BCUT2D eigenvalue weighted by atomic mass is 32.1. The van der Waals surface area contributed by atoms with Crippen LogP contribution in [0.15, 0.2) is 29.4 Å². The fourth-order valence-corrected chi connectivity index (χ4v) is 2.82. The summed E-state index contributed by atoms with van der Waals surface area (Å²) in [6.07, 6.45) is 6.68. The summed E-state index contributed by atoms with van der Waals surface area (Å²) in [6.45, 7) is 7.06. The third kappa shape index (κ3) is 6.02. The van der Waals surface area contributed by atoms with E-state index >= 15 is 0 Å². The van der Waals surface area contributed by atoms with Gasteiger partial charge in [0.1, 0.15) is 5.75 Å². The molecule has 2 aromatic rings. The molecule has 1 aromatic carbocycles. The standard InChI is InChI=1S/C18H25N3OS/c1-4-5-6-7-12-22-17-10-8-16(9-11-17)13-19-21-18-20-14(2)15(3)23-18/h8-11,13H,4-7,12H2,1-3H3,(H,20,21). The van der Waals surface area contributed by atoms with E-state index in [1.807, 2.05) is 31.2 Å². The molecule has 23 heavy (non-hydrogen) atoms. The molecule has 4 nitrogen and oxygen atoms in total. The van der Waals surface area contributed by atoms with E-state index < -0.39 is 0 Å². The van der Waals surface area contributed by atoms with E-state index in [-0.39, 0.29) is 0 Å². The number of rotatable bonds is 9. The van der Waals surface area contributed by atoms with Crippen LogP contribution in [0.25, 0.3) is 0 Å². The van der Waals surface area contributed by atoms with Gasteiger partial charge in [0.25, 0.3) is 0 Å². The summed E-state index contributed by atoms with van der Waals surface area (Å²) in [7, 11) is 0. The van der Waals surface area contributed by atoms with Crippen molar-refractivity contribution in [3.05, 3.63) is 40.4 Å². The van der Waals surface area contributed by atoms with E-state index in [9.17, 15) is 0 Å². The predicted octanol–water partition coefficient (Wildman–Crippen LogP) is 5.17. The Kier molecular flexibility index (Phi) is 7.07. The predicted molar refractivity (Wildman–Crippen MR) is 98.9 cm³/mol. The van der Waals surface area contributed by atoms with Crippen molar-refractivity contribution in [1.82, 2.24) is 4.98 Å². The number of nitrogens with one attached hydrogen (secondary N) is 1. The summed E-state index contributed by atoms with van der Waals surface area (Å²) in [6, 6.07) is 7.98. The fourth-order valence-electron chi connectivity index (χ4n) is 2.05. The molecule has 1 N–H and O–H groups in total. The summed E-state index contributed by atoms with van der Waals surface area (Å²) in [5, 5.41) is 5.05. The Morgan fingerprint density at radius 2 is 1.96 bits per heavy atom. The number of nitrogens with zero attached hydrogens (tertiary/aromatic N) is 2. The van der Waals surface area contributed by atoms with E-state index in [0.29, 0.717) is 0 Å². The fraction of sp³-hybridized carbons (Fsp3) is 0.444. The van der Waals surface area contributed by atoms with Crippen LogP contribution in [-0.2, 0) is 0 Å². The SMILES string of the molecule is CCCCCCOc1ccc(C=NNc2nc(C)c(C)s2)cc1. The quantitative estimate of drug-likeness (QED) is 0.392. The monoisotopic (exact) mass is 331 g/mol. The summed E-state index contributed by atoms with van der Waals surface area (Å²) < 4.78 is 5.73. The third-order valence-corrected chi connectivity index (χ3v) is 4.53. The van der Waals surface area contributed by atoms with Gasteiger partial charge in [-0.3, -0.25) is 5.43 Å². The van der Waals surface area contributed by atoms with Gasteiger partial charge in [-0.1, -0.05) is 26.2 Å². The molecule has 124 valence electrons. The molecule has 2 rings (SSSR count). The van der Waals surface area contributed by atoms with Crippen LogP contribution in [0.5, 0.6) is 5.75 Å². The molecule has 0 aliphatic rings. The van der Waals surface area contributed by atoms with Crippen molar-refractivity contribution in [3.8, 4) is 5.75 Å². The largest absolute Gasteiger partial charge is 0.494 e. The lowest BCUT2D eigenvalue weighted by Crippen LogP contribution is -1.97. The zero-order valence-electron chi connectivity index (χ0n) is 14.1. The maximum absolute atomic E-state index is 5.73. The number of aromatic nitrogens is 1. The molecule has 0 saturated carbocycles. The molecule has 0 aliphatic carbocycles. The van der Waals surface area contributed by atoms with Gasteiger partial charge in [-0.15, -0.1) is 11.3 Å². The highest BCUT2D eigenvalue weighted by molar-refractivity contribution is 7.15. The van der Waals surface area contributed by atoms with Gasteiger partial charge in [0, 0.05) is 4.88 Å². The van der Waals surface area contributed by atoms with Crippen LogP contribution in [0.2, 0.25) is 0 Å². The number of aryl methyl sites for hydroxylation is 2. The lowest BCUT2D eigenvalue weighted by atomic mass is 10.2. The van der Waals surface area contributed by atoms with E-state index in [2.05, 4.69) is 29.4 Å². The van der Waals surface area contributed by atoms with Crippen LogP contribution >= 0.6 is 11.3 Å². The first-order chi connectivity index (χ1) is 11.2. The smallest absolute Gasteiger partial charge is 0.203 e. The first kappa shape index (κ1) is 17.5. The minimum atomic E-state index is 0.789. The average molecular weight is 331 g/mol. The number of hydrogen-bond donors (Lipinski definition) is 1. The van der Waals surface area contributed by atoms with Gasteiger partial charge < -0.3 is 4.74 Å². The maximum Gasteiger partial charge on any atom is 0.203 e. The zero-order valence-corrected chi connectivity index (χ0v) is 14.9. The van der Waals surface area contributed by atoms with Gasteiger partial charge in [-0.2, -0.15) is 5.10 Å². The van der Waals surface area contributed by atoms with Crippen LogP contribution in [0.3, 0.4) is 0 Å². The summed E-state index contributed by atoms with van der Waals surface area (Å²) >= 11 is 1.61. The molecular weight excluding hydrogens is 306 g/mol. The number of hydrazone groups is 1. The van der Waals surface area contributed by atoms with Gasteiger partial charge in [0.2, 0.25) is 5.13 Å². The Bertz CT molecular complexity index is 600. The Hall–Kier alpha value is -1.88. The average Bonchev–Trinajstić information content (AvgIpc) is 2.87. The third-order valence-electron chi connectivity index (χ3n) is 3.55. The normalized spacial score (nSPS) is 11.1. The molecular formula is C18H25N3OS. The molecule has 0 unspecified atom stereocenters. The topological polar surface area (TPSA) is 46.5 Å². The van der Waals surface area contributed by atoms with E-state index in [0.717, 1.165) is 35.2 Å². The Morgan fingerprint density at radius 1 is 1.17 bits per heavy atom. The van der Waals surface area contributed by atoms with Crippen LogP contribution in [0.1, 0.15) is 48.7 Å². The van der Waals surface area contributed by atoms with Crippen molar-refractivity contribution in [1.29, 1.82) is 0 Å². The van der Waals surface area contributed by atoms with Crippen molar-refractivity contribution < 1.29 is 4.74 Å². The van der Waals surface area contributed by atoms with Gasteiger partial charge >= 0.3 is 0 Å². The Morgan fingerprint density at radius 3 is 2.61 bits per heavy atom. The number of anilines is 1. The maximum atomic E-state index is 5.73. The summed E-state index contributed by atoms with van der Waals surface area (Å²) in [4.78, 5) is 5.60. The van der Waals surface area contributed by atoms with E-state index in [4.69, 9.17) is 4.74 Å². The number of ether oxygens (including phenoxy) is 1. The Labute approximate surface area is 142 Å². The lowest BCUT2D eigenvalue weighted by Gasteiger charge is -2.05. The van der Waals surface area contributed by atoms with E-state index in [1.54, 1.807) is 17.6 Å². The summed E-state index contributed by atoms with van der Waals surface area (Å²) in [5.74, 6) is 0.915. The number of hydrogen-bond acceptors (Lipinski definition) is 5. The van der Waals surface area contributed by atoms with Crippen molar-refractivity contribution in [3.63, 3.8) is 0 Å². The van der Waals surface area contributed by atoms with Gasteiger partial charge in [-0.05, 0) is 50.1 Å². The molecule has 0 fully saturated rings. The highest BCUT2D eigenvalue weighted by Crippen LogP contribution is 2.20. The molecule has 1 aromatic heterocycles. The second-order valence-electron chi connectivity index (χ2n) is 5.51. The number of benzene rings is 1. The van der Waals surface area contributed by atoms with Gasteiger partial charge in [-0.25, -0.2) is 4.98 Å². The minimum absolute atomic E-state index is 0.789. The van der Waals surface area contributed by atoms with Crippen LogP contribution < -0.4 is 10.2 Å². The van der Waals surface area contributed by atoms with E-state index in [1.165, 1.54) is 24.1 Å². The molecule has 0 aliphatic heterocycles.